The van der Waals surface area contributed by atoms with Gasteiger partial charge >= 0.3 is 6.18 Å². The number of carbonyl (C=O) groups is 1. The van der Waals surface area contributed by atoms with Gasteiger partial charge in [-0.2, -0.15) is 13.2 Å². The van der Waals surface area contributed by atoms with Crippen molar-refractivity contribution in [2.24, 2.45) is 0 Å². The number of hydrogen-bond acceptors (Lipinski definition) is 5. The number of aromatic nitrogens is 3. The number of hydrogen-bond donors (Lipinski definition) is 2. The molecule has 0 aliphatic heterocycles. The Balaban J connectivity index is 2.12. The third-order valence-corrected chi connectivity index (χ3v) is 4.64. The lowest BCUT2D eigenvalue weighted by Crippen LogP contribution is -2.24. The third-order valence-electron chi connectivity index (χ3n) is 3.25. The average Bonchev–Trinajstić information content (AvgIpc) is 2.88. The molecule has 0 saturated carbocycles. The van der Waals surface area contributed by atoms with Crippen LogP contribution < -0.4 is 11.2 Å². The van der Waals surface area contributed by atoms with Crippen molar-refractivity contribution in [3.8, 4) is 0 Å². The molecule has 1 heterocycles. The number of aryl methyl sites for hydroxylation is 1. The molecule has 2 aromatic rings. The molecule has 2 rings (SSSR count). The van der Waals surface area contributed by atoms with Gasteiger partial charge in [0, 0.05) is 6.42 Å². The van der Waals surface area contributed by atoms with E-state index in [1.54, 1.807) is 6.92 Å². The van der Waals surface area contributed by atoms with E-state index in [4.69, 9.17) is 17.4 Å². The highest BCUT2D eigenvalue weighted by Gasteiger charge is 2.31. The van der Waals surface area contributed by atoms with E-state index in [2.05, 4.69) is 15.5 Å². The van der Waals surface area contributed by atoms with Crippen molar-refractivity contribution < 1.29 is 18.0 Å². The van der Waals surface area contributed by atoms with Crippen molar-refractivity contribution in [1.29, 1.82) is 0 Å². The summed E-state index contributed by atoms with van der Waals surface area (Å²) in [6.07, 6.45) is -3.96. The zero-order valence-corrected chi connectivity index (χ0v) is 14.8. The summed E-state index contributed by atoms with van der Waals surface area (Å²) in [4.78, 5) is 12.2. The second-order valence-corrected chi connectivity index (χ2v) is 6.78. The first-order valence-corrected chi connectivity index (χ1v) is 8.42. The van der Waals surface area contributed by atoms with E-state index in [0.717, 1.165) is 30.0 Å². The lowest BCUT2D eigenvalue weighted by atomic mass is 10.2. The predicted octanol–water partition coefficient (Wildman–Crippen LogP) is 3.35. The number of nitrogens with zero attached hydrogens (tertiary/aromatic N) is 3. The minimum Gasteiger partial charge on any atom is -0.336 e. The van der Waals surface area contributed by atoms with Crippen molar-refractivity contribution >= 4 is 35.0 Å². The molecule has 0 saturated heterocycles. The Kier molecular flexibility index (Phi) is 5.83. The van der Waals surface area contributed by atoms with Crippen molar-refractivity contribution in [2.45, 2.75) is 36.9 Å². The molecule has 0 fully saturated rings. The molecule has 11 heteroatoms. The summed E-state index contributed by atoms with van der Waals surface area (Å²) >= 11 is 6.90. The van der Waals surface area contributed by atoms with Crippen LogP contribution in [0.15, 0.2) is 23.4 Å². The van der Waals surface area contributed by atoms with Crippen molar-refractivity contribution in [2.75, 3.05) is 11.2 Å². The zero-order valence-electron chi connectivity index (χ0n) is 13.3. The topological polar surface area (TPSA) is 85.8 Å². The number of nitrogen functional groups attached to an aromatic ring is 1. The fourth-order valence-corrected chi connectivity index (χ4v) is 2.83. The van der Waals surface area contributed by atoms with Gasteiger partial charge in [-0.1, -0.05) is 30.3 Å². The van der Waals surface area contributed by atoms with Crippen LogP contribution in [0.3, 0.4) is 0 Å². The van der Waals surface area contributed by atoms with E-state index in [9.17, 15) is 18.0 Å². The number of halogens is 4. The van der Waals surface area contributed by atoms with E-state index in [-0.39, 0.29) is 10.7 Å². The summed E-state index contributed by atoms with van der Waals surface area (Å²) < 4.78 is 39.6. The Hall–Kier alpha value is -1.94. The lowest BCUT2D eigenvalue weighted by molar-refractivity contribution is -0.137. The maximum Gasteiger partial charge on any atom is 0.416 e. The van der Waals surface area contributed by atoms with Gasteiger partial charge in [0.2, 0.25) is 11.1 Å². The quantitative estimate of drug-likeness (QED) is 0.601. The molecule has 3 N–H and O–H groups in total. The number of anilines is 1. The molecule has 1 amide bonds. The van der Waals surface area contributed by atoms with Crippen molar-refractivity contribution in [3.63, 3.8) is 0 Å². The first kappa shape index (κ1) is 19.4. The van der Waals surface area contributed by atoms with Crippen LogP contribution in [0.5, 0.6) is 0 Å². The van der Waals surface area contributed by atoms with Gasteiger partial charge in [0.15, 0.2) is 5.82 Å². The van der Waals surface area contributed by atoms with E-state index in [0.29, 0.717) is 17.4 Å². The SMILES string of the molecule is CCc1nnc(S[C@H](C)C(=O)Nc2cc(C(F)(F)F)ccc2Cl)n1N. The first-order valence-electron chi connectivity index (χ1n) is 7.17. The lowest BCUT2D eigenvalue weighted by Gasteiger charge is -2.14. The standard InChI is InChI=1S/C14H15ClF3N5OS/c1-3-11-21-22-13(23(11)19)25-7(2)12(24)20-10-6-8(14(16,17)18)4-5-9(10)15/h4-7H,3,19H2,1-2H3,(H,20,24)/t7-/m1/s1. The molecule has 1 atom stereocenters. The molecule has 1 aromatic heterocycles. The number of benzene rings is 1. The summed E-state index contributed by atoms with van der Waals surface area (Å²) in [5, 5.41) is 9.80. The van der Waals surface area contributed by atoms with Crippen LogP contribution >= 0.6 is 23.4 Å². The predicted molar refractivity (Wildman–Crippen MR) is 90.0 cm³/mol. The molecule has 0 unspecified atom stereocenters. The molecular formula is C14H15ClF3N5OS. The Morgan fingerprint density at radius 1 is 1.44 bits per heavy atom. The van der Waals surface area contributed by atoms with Crippen LogP contribution in [-0.2, 0) is 17.4 Å². The summed E-state index contributed by atoms with van der Waals surface area (Å²) in [5.41, 5.74) is -1.01. The van der Waals surface area contributed by atoms with Crippen LogP contribution in [0.25, 0.3) is 0 Å². The van der Waals surface area contributed by atoms with E-state index < -0.39 is 22.9 Å². The average molecular weight is 394 g/mol. The highest BCUT2D eigenvalue weighted by Crippen LogP contribution is 2.34. The molecule has 136 valence electrons. The minimum absolute atomic E-state index is 0.00816. The summed E-state index contributed by atoms with van der Waals surface area (Å²) in [6.45, 7) is 3.43. The maximum absolute atomic E-state index is 12.8. The van der Waals surface area contributed by atoms with Gasteiger partial charge in [-0.25, -0.2) is 4.68 Å². The van der Waals surface area contributed by atoms with Gasteiger partial charge in [0.05, 0.1) is 21.5 Å². The van der Waals surface area contributed by atoms with Crippen molar-refractivity contribution in [3.05, 3.63) is 34.6 Å². The Morgan fingerprint density at radius 2 is 2.12 bits per heavy atom. The summed E-state index contributed by atoms with van der Waals surface area (Å²) in [5.74, 6) is 5.82. The van der Waals surface area contributed by atoms with Crippen LogP contribution in [0.4, 0.5) is 18.9 Å². The van der Waals surface area contributed by atoms with Crippen LogP contribution in [0, 0.1) is 0 Å². The fourth-order valence-electron chi connectivity index (χ4n) is 1.87. The summed E-state index contributed by atoms with van der Waals surface area (Å²) in [6, 6.07) is 2.72. The Morgan fingerprint density at radius 3 is 2.68 bits per heavy atom. The molecule has 1 aromatic carbocycles. The molecule has 0 aliphatic carbocycles. The molecule has 0 bridgehead atoms. The Labute approximate surface area is 150 Å². The molecule has 0 spiro atoms. The number of thioether (sulfide) groups is 1. The van der Waals surface area contributed by atoms with Gasteiger partial charge in [-0.05, 0) is 25.1 Å². The summed E-state index contributed by atoms with van der Waals surface area (Å²) in [7, 11) is 0. The van der Waals surface area contributed by atoms with Gasteiger partial charge in [0.1, 0.15) is 0 Å². The highest BCUT2D eigenvalue weighted by molar-refractivity contribution is 8.00. The number of alkyl halides is 3. The van der Waals surface area contributed by atoms with E-state index >= 15 is 0 Å². The molecular weight excluding hydrogens is 379 g/mol. The minimum atomic E-state index is -4.53. The van der Waals surface area contributed by atoms with Gasteiger partial charge in [-0.15, -0.1) is 10.2 Å². The Bertz CT molecular complexity index is 780. The molecule has 25 heavy (non-hydrogen) atoms. The smallest absolute Gasteiger partial charge is 0.336 e. The normalized spacial score (nSPS) is 12.9. The first-order chi connectivity index (χ1) is 11.6. The zero-order chi connectivity index (χ0) is 18.8. The molecule has 6 nitrogen and oxygen atoms in total. The number of rotatable bonds is 5. The number of nitrogens with two attached hydrogens (primary N) is 1. The molecule has 0 aliphatic rings. The third kappa shape index (κ3) is 4.57. The van der Waals surface area contributed by atoms with E-state index in [1.165, 1.54) is 4.68 Å². The van der Waals surface area contributed by atoms with Gasteiger partial charge < -0.3 is 11.2 Å². The number of amides is 1. The molecule has 0 radical (unpaired) electrons. The second kappa shape index (κ2) is 7.52. The van der Waals surface area contributed by atoms with Crippen molar-refractivity contribution in [1.82, 2.24) is 14.9 Å². The van der Waals surface area contributed by atoms with Gasteiger partial charge in [0.25, 0.3) is 0 Å². The number of nitrogens with one attached hydrogen (secondary N) is 1. The number of carbonyl (C=O) groups excluding carboxylic acids is 1. The second-order valence-electron chi connectivity index (χ2n) is 5.06. The highest BCUT2D eigenvalue weighted by atomic mass is 35.5. The largest absolute Gasteiger partial charge is 0.416 e. The van der Waals surface area contributed by atoms with Gasteiger partial charge in [-0.3, -0.25) is 4.79 Å². The van der Waals surface area contributed by atoms with E-state index in [1.807, 2.05) is 6.92 Å². The fraction of sp³-hybridized carbons (Fsp3) is 0.357. The maximum atomic E-state index is 12.8. The monoisotopic (exact) mass is 393 g/mol. The van der Waals surface area contributed by atoms with Crippen LogP contribution in [0.1, 0.15) is 25.2 Å². The van der Waals surface area contributed by atoms with Crippen LogP contribution in [0.2, 0.25) is 5.02 Å². The van der Waals surface area contributed by atoms with Crippen LogP contribution in [-0.4, -0.2) is 26.0 Å².